The van der Waals surface area contributed by atoms with Crippen molar-refractivity contribution in [3.63, 3.8) is 0 Å². The van der Waals surface area contributed by atoms with Crippen LogP contribution in [0.4, 0.5) is 18.9 Å². The SMILES string of the molecule is Cc1nn(-c2ccccc2)c(C)c1C(=O)C(=O)OC(C)C(=O)Nc1ccc(Cl)cc1C(F)(F)F. The number of carbonyl (C=O) groups excluding carboxylic acids is 3. The molecule has 1 amide bonds. The van der Waals surface area contributed by atoms with E-state index in [1.165, 1.54) is 10.7 Å². The van der Waals surface area contributed by atoms with Gasteiger partial charge in [-0.05, 0) is 51.1 Å². The number of ketones is 1. The largest absolute Gasteiger partial charge is 0.447 e. The number of aromatic nitrogens is 2. The van der Waals surface area contributed by atoms with E-state index in [2.05, 4.69) is 10.4 Å². The van der Waals surface area contributed by atoms with Crippen LogP contribution in [-0.4, -0.2) is 33.5 Å². The Morgan fingerprint density at radius 3 is 2.35 bits per heavy atom. The third-order valence-electron chi connectivity index (χ3n) is 4.90. The van der Waals surface area contributed by atoms with Crippen LogP contribution in [0.25, 0.3) is 5.69 Å². The van der Waals surface area contributed by atoms with Gasteiger partial charge in [0, 0.05) is 5.02 Å². The number of nitrogens with one attached hydrogen (secondary N) is 1. The Morgan fingerprint density at radius 1 is 1.09 bits per heavy atom. The molecule has 1 aromatic heterocycles. The highest BCUT2D eigenvalue weighted by Gasteiger charge is 2.35. The van der Waals surface area contributed by atoms with Crippen molar-refractivity contribution in [1.29, 1.82) is 0 Å². The molecule has 11 heteroatoms. The Balaban J connectivity index is 1.75. The number of Topliss-reactive ketones (excluding diaryl/α,β-unsaturated/α-hetero) is 1. The van der Waals surface area contributed by atoms with Gasteiger partial charge in [-0.1, -0.05) is 29.8 Å². The molecule has 0 bridgehead atoms. The number of carbonyl (C=O) groups is 3. The molecule has 178 valence electrons. The summed E-state index contributed by atoms with van der Waals surface area (Å²) in [5, 5.41) is 6.17. The van der Waals surface area contributed by atoms with Crippen LogP contribution in [-0.2, 0) is 20.5 Å². The number of ether oxygens (including phenoxy) is 1. The molecule has 0 aliphatic carbocycles. The Labute approximate surface area is 197 Å². The van der Waals surface area contributed by atoms with Crippen LogP contribution >= 0.6 is 11.6 Å². The topological polar surface area (TPSA) is 90.3 Å². The molecule has 1 N–H and O–H groups in total. The maximum Gasteiger partial charge on any atom is 0.418 e. The number of halogens is 4. The fourth-order valence-corrected chi connectivity index (χ4v) is 3.43. The molecule has 0 saturated carbocycles. The Morgan fingerprint density at radius 2 is 1.74 bits per heavy atom. The van der Waals surface area contributed by atoms with Crippen molar-refractivity contribution < 1.29 is 32.3 Å². The van der Waals surface area contributed by atoms with E-state index in [-0.39, 0.29) is 16.3 Å². The van der Waals surface area contributed by atoms with Crippen LogP contribution in [0.1, 0.15) is 34.2 Å². The number of amides is 1. The number of nitrogens with zero attached hydrogens (tertiary/aromatic N) is 2. The minimum absolute atomic E-state index is 0.0125. The van der Waals surface area contributed by atoms with E-state index in [1.807, 2.05) is 6.07 Å². The quantitative estimate of drug-likeness (QED) is 0.299. The molecule has 1 atom stereocenters. The van der Waals surface area contributed by atoms with Crippen LogP contribution in [0.2, 0.25) is 5.02 Å². The molecule has 0 spiro atoms. The van der Waals surface area contributed by atoms with Crippen LogP contribution in [0.15, 0.2) is 48.5 Å². The molecule has 3 rings (SSSR count). The van der Waals surface area contributed by atoms with Crippen LogP contribution in [0, 0.1) is 13.8 Å². The summed E-state index contributed by atoms with van der Waals surface area (Å²) in [6.45, 7) is 4.28. The summed E-state index contributed by atoms with van der Waals surface area (Å²) in [4.78, 5) is 37.6. The molecule has 1 unspecified atom stereocenters. The number of benzene rings is 2. The molecule has 7 nitrogen and oxygen atoms in total. The number of alkyl halides is 3. The molecule has 3 aromatic rings. The molecule has 0 aliphatic heterocycles. The number of anilines is 1. The van der Waals surface area contributed by atoms with Gasteiger partial charge in [-0.25, -0.2) is 9.48 Å². The number of esters is 1. The number of rotatable bonds is 6. The van der Waals surface area contributed by atoms with Gasteiger partial charge in [0.05, 0.1) is 33.9 Å². The summed E-state index contributed by atoms with van der Waals surface area (Å²) in [5.74, 6) is -3.42. The monoisotopic (exact) mass is 493 g/mol. The molecule has 34 heavy (non-hydrogen) atoms. The predicted octanol–water partition coefficient (Wildman–Crippen LogP) is 4.91. The Hall–Kier alpha value is -3.66. The van der Waals surface area contributed by atoms with Crippen molar-refractivity contribution in [3.05, 3.63) is 76.1 Å². The van der Waals surface area contributed by atoms with E-state index in [0.717, 1.165) is 13.0 Å². The normalized spacial score (nSPS) is 12.2. The molecule has 2 aromatic carbocycles. The zero-order valence-electron chi connectivity index (χ0n) is 18.2. The first-order valence-corrected chi connectivity index (χ1v) is 10.3. The van der Waals surface area contributed by atoms with Gasteiger partial charge in [0.1, 0.15) is 0 Å². The minimum atomic E-state index is -4.78. The van der Waals surface area contributed by atoms with E-state index in [4.69, 9.17) is 16.3 Å². The van der Waals surface area contributed by atoms with Gasteiger partial charge < -0.3 is 10.1 Å². The zero-order chi connectivity index (χ0) is 25.2. The van der Waals surface area contributed by atoms with Crippen molar-refractivity contribution in [2.24, 2.45) is 0 Å². The number of hydrogen-bond donors (Lipinski definition) is 1. The first-order valence-electron chi connectivity index (χ1n) is 9.94. The van der Waals surface area contributed by atoms with Gasteiger partial charge >= 0.3 is 12.1 Å². The lowest BCUT2D eigenvalue weighted by atomic mass is 10.1. The van der Waals surface area contributed by atoms with E-state index in [9.17, 15) is 27.6 Å². The molecule has 0 saturated heterocycles. The van der Waals surface area contributed by atoms with Crippen LogP contribution < -0.4 is 5.32 Å². The van der Waals surface area contributed by atoms with Crippen molar-refractivity contribution in [3.8, 4) is 5.69 Å². The lowest BCUT2D eigenvalue weighted by Gasteiger charge is -2.17. The maximum absolute atomic E-state index is 13.2. The highest BCUT2D eigenvalue weighted by atomic mass is 35.5. The fourth-order valence-electron chi connectivity index (χ4n) is 3.26. The second kappa shape index (κ2) is 9.68. The van der Waals surface area contributed by atoms with Crippen molar-refractivity contribution in [2.75, 3.05) is 5.32 Å². The third kappa shape index (κ3) is 5.28. The van der Waals surface area contributed by atoms with Gasteiger partial charge in [-0.2, -0.15) is 18.3 Å². The number of hydrogen-bond acceptors (Lipinski definition) is 5. The first-order chi connectivity index (χ1) is 15.9. The Kier molecular flexibility index (Phi) is 7.11. The number of aryl methyl sites for hydroxylation is 1. The highest BCUT2D eigenvalue weighted by Crippen LogP contribution is 2.36. The van der Waals surface area contributed by atoms with E-state index in [0.29, 0.717) is 17.4 Å². The fraction of sp³-hybridized carbons (Fsp3) is 0.217. The lowest BCUT2D eigenvalue weighted by Crippen LogP contribution is -2.33. The average molecular weight is 494 g/mol. The summed E-state index contributed by atoms with van der Waals surface area (Å²) in [7, 11) is 0. The van der Waals surface area contributed by atoms with Crippen LogP contribution in [0.5, 0.6) is 0 Å². The summed E-state index contributed by atoms with van der Waals surface area (Å²) in [6.07, 6.45) is -6.34. The molecule has 1 heterocycles. The number of para-hydroxylation sites is 1. The van der Waals surface area contributed by atoms with Gasteiger partial charge in [0.15, 0.2) is 6.10 Å². The smallest absolute Gasteiger partial charge is 0.418 e. The molecular formula is C23H19ClF3N3O4. The Bertz CT molecular complexity index is 1260. The second-order valence-electron chi connectivity index (χ2n) is 7.35. The van der Waals surface area contributed by atoms with E-state index in [1.54, 1.807) is 38.1 Å². The highest BCUT2D eigenvalue weighted by molar-refractivity contribution is 6.41. The van der Waals surface area contributed by atoms with Gasteiger partial charge in [0.25, 0.3) is 11.7 Å². The zero-order valence-corrected chi connectivity index (χ0v) is 19.0. The summed E-state index contributed by atoms with van der Waals surface area (Å²) < 4.78 is 46.1. The van der Waals surface area contributed by atoms with Crippen molar-refractivity contribution in [2.45, 2.75) is 33.1 Å². The second-order valence-corrected chi connectivity index (χ2v) is 7.78. The predicted molar refractivity (Wildman–Crippen MR) is 118 cm³/mol. The maximum atomic E-state index is 13.2. The molecular weight excluding hydrogens is 475 g/mol. The van der Waals surface area contributed by atoms with Crippen LogP contribution in [0.3, 0.4) is 0 Å². The summed E-state index contributed by atoms with van der Waals surface area (Å²) >= 11 is 5.62. The molecule has 0 aliphatic rings. The molecule has 0 fully saturated rings. The average Bonchev–Trinajstić information content (AvgIpc) is 3.08. The van der Waals surface area contributed by atoms with Gasteiger partial charge in [0.2, 0.25) is 0 Å². The van der Waals surface area contributed by atoms with Crippen molar-refractivity contribution in [1.82, 2.24) is 9.78 Å². The van der Waals surface area contributed by atoms with Crippen molar-refractivity contribution >= 4 is 34.9 Å². The van der Waals surface area contributed by atoms with E-state index >= 15 is 0 Å². The summed E-state index contributed by atoms with van der Waals surface area (Å²) in [6, 6.07) is 11.7. The first kappa shape index (κ1) is 25.0. The standard InChI is InChI=1S/C23H19ClF3N3O4/c1-12-19(13(2)30(29-12)16-7-5-4-6-8-16)20(31)22(33)34-14(3)21(32)28-18-10-9-15(24)11-17(18)23(25,26)27/h4-11,14H,1-3H3,(H,28,32). The summed E-state index contributed by atoms with van der Waals surface area (Å²) in [5.41, 5.74) is -0.380. The lowest BCUT2D eigenvalue weighted by molar-refractivity contribution is -0.148. The minimum Gasteiger partial charge on any atom is -0.447 e. The van der Waals surface area contributed by atoms with Gasteiger partial charge in [-0.15, -0.1) is 0 Å². The van der Waals surface area contributed by atoms with E-state index < -0.39 is 41.2 Å². The third-order valence-corrected chi connectivity index (χ3v) is 5.14. The molecule has 0 radical (unpaired) electrons. The van der Waals surface area contributed by atoms with Gasteiger partial charge in [-0.3, -0.25) is 9.59 Å².